The van der Waals surface area contributed by atoms with Crippen molar-refractivity contribution in [3.8, 4) is 5.75 Å². The Morgan fingerprint density at radius 1 is 1.12 bits per heavy atom. The summed E-state index contributed by atoms with van der Waals surface area (Å²) >= 11 is 0. The van der Waals surface area contributed by atoms with Gasteiger partial charge in [-0.25, -0.2) is 0 Å². The maximum absolute atomic E-state index is 11.8. The number of aromatic hydroxyl groups is 1. The van der Waals surface area contributed by atoms with E-state index in [9.17, 15) is 9.90 Å². The first kappa shape index (κ1) is 15.4. The molecule has 0 aliphatic heterocycles. The van der Waals surface area contributed by atoms with Crippen LogP contribution in [0.15, 0.2) is 54.6 Å². The minimum absolute atomic E-state index is 0.201. The van der Waals surface area contributed by atoms with Gasteiger partial charge < -0.3 is 21.5 Å². The van der Waals surface area contributed by atoms with Gasteiger partial charge in [-0.1, -0.05) is 30.3 Å². The standard InChI is InChI=1S/C17H17N5O2/c18-15(24)14-16(19-10-11-6-8-13(23)9-7-11)21-22-17(14)20-12-4-2-1-3-5-12/h1-9,23H,10H2,(H2,18,24)(H3,19,20,21,22). The third kappa shape index (κ3) is 3.46. The van der Waals surface area contributed by atoms with E-state index in [0.29, 0.717) is 18.2 Å². The number of H-pyrrole nitrogens is 1. The molecule has 0 aliphatic carbocycles. The van der Waals surface area contributed by atoms with Gasteiger partial charge in [-0.3, -0.25) is 9.89 Å². The Morgan fingerprint density at radius 3 is 2.50 bits per heavy atom. The fourth-order valence-electron chi connectivity index (χ4n) is 2.26. The number of rotatable bonds is 6. The normalized spacial score (nSPS) is 10.3. The largest absolute Gasteiger partial charge is 0.508 e. The van der Waals surface area contributed by atoms with Gasteiger partial charge in [0.25, 0.3) is 5.91 Å². The molecule has 24 heavy (non-hydrogen) atoms. The number of para-hydroxylation sites is 1. The third-order valence-electron chi connectivity index (χ3n) is 3.45. The van der Waals surface area contributed by atoms with E-state index in [1.807, 2.05) is 30.3 Å². The molecule has 122 valence electrons. The van der Waals surface area contributed by atoms with E-state index < -0.39 is 5.91 Å². The summed E-state index contributed by atoms with van der Waals surface area (Å²) in [5.41, 5.74) is 7.49. The van der Waals surface area contributed by atoms with Crippen molar-refractivity contribution in [2.45, 2.75) is 6.54 Å². The number of anilines is 3. The van der Waals surface area contributed by atoms with E-state index in [0.717, 1.165) is 11.3 Å². The number of nitrogens with zero attached hydrogens (tertiary/aromatic N) is 1. The highest BCUT2D eigenvalue weighted by Gasteiger charge is 2.18. The molecule has 1 aromatic heterocycles. The number of amides is 1. The van der Waals surface area contributed by atoms with Crippen LogP contribution in [0.4, 0.5) is 17.3 Å². The summed E-state index contributed by atoms with van der Waals surface area (Å²) in [6.07, 6.45) is 0. The maximum Gasteiger partial charge on any atom is 0.256 e. The second-order valence-corrected chi connectivity index (χ2v) is 5.20. The van der Waals surface area contributed by atoms with E-state index >= 15 is 0 Å². The fourth-order valence-corrected chi connectivity index (χ4v) is 2.26. The molecule has 0 atom stereocenters. The van der Waals surface area contributed by atoms with Gasteiger partial charge in [-0.15, -0.1) is 0 Å². The quantitative estimate of drug-likeness (QED) is 0.478. The molecule has 1 heterocycles. The van der Waals surface area contributed by atoms with Crippen LogP contribution in [0.25, 0.3) is 0 Å². The zero-order valence-corrected chi connectivity index (χ0v) is 12.8. The van der Waals surface area contributed by atoms with Crippen molar-refractivity contribution >= 4 is 23.2 Å². The van der Waals surface area contributed by atoms with Crippen molar-refractivity contribution in [2.75, 3.05) is 10.6 Å². The average molecular weight is 323 g/mol. The van der Waals surface area contributed by atoms with Crippen LogP contribution in [0.3, 0.4) is 0 Å². The minimum atomic E-state index is -0.588. The van der Waals surface area contributed by atoms with Gasteiger partial charge in [0.15, 0.2) is 5.82 Å². The summed E-state index contributed by atoms with van der Waals surface area (Å²) in [4.78, 5) is 11.8. The smallest absolute Gasteiger partial charge is 0.256 e. The summed E-state index contributed by atoms with van der Waals surface area (Å²) in [6, 6.07) is 16.1. The molecule has 0 saturated carbocycles. The second-order valence-electron chi connectivity index (χ2n) is 5.20. The monoisotopic (exact) mass is 323 g/mol. The Bertz CT molecular complexity index is 828. The van der Waals surface area contributed by atoms with Gasteiger partial charge in [0.05, 0.1) is 0 Å². The highest BCUT2D eigenvalue weighted by atomic mass is 16.3. The topological polar surface area (TPSA) is 116 Å². The first-order valence-corrected chi connectivity index (χ1v) is 7.35. The lowest BCUT2D eigenvalue weighted by atomic mass is 10.2. The van der Waals surface area contributed by atoms with Crippen LogP contribution in [0.2, 0.25) is 0 Å². The molecule has 0 bridgehead atoms. The second kappa shape index (κ2) is 6.74. The number of hydrogen-bond acceptors (Lipinski definition) is 5. The molecule has 0 radical (unpaired) electrons. The van der Waals surface area contributed by atoms with E-state index in [1.165, 1.54) is 0 Å². The van der Waals surface area contributed by atoms with Crippen LogP contribution in [-0.4, -0.2) is 21.2 Å². The Morgan fingerprint density at radius 2 is 1.83 bits per heavy atom. The maximum atomic E-state index is 11.8. The summed E-state index contributed by atoms with van der Waals surface area (Å²) in [6.45, 7) is 0.452. The third-order valence-corrected chi connectivity index (χ3v) is 3.45. The van der Waals surface area contributed by atoms with Crippen LogP contribution in [-0.2, 0) is 6.54 Å². The molecule has 3 aromatic rings. The number of carbonyl (C=O) groups is 1. The number of nitrogens with one attached hydrogen (secondary N) is 3. The Labute approximate surface area is 138 Å². The zero-order chi connectivity index (χ0) is 16.9. The fraction of sp³-hybridized carbons (Fsp3) is 0.0588. The van der Waals surface area contributed by atoms with Crippen molar-refractivity contribution in [2.24, 2.45) is 5.73 Å². The minimum Gasteiger partial charge on any atom is -0.508 e. The molecule has 3 rings (SSSR count). The number of phenolic OH excluding ortho intramolecular Hbond substituents is 1. The van der Waals surface area contributed by atoms with E-state index in [-0.39, 0.29) is 11.3 Å². The summed E-state index contributed by atoms with van der Waals surface area (Å²) in [7, 11) is 0. The molecule has 0 fully saturated rings. The predicted octanol–water partition coefficient (Wildman–Crippen LogP) is 2.57. The Kier molecular flexibility index (Phi) is 4.33. The van der Waals surface area contributed by atoms with Crippen LogP contribution < -0.4 is 16.4 Å². The SMILES string of the molecule is NC(=O)c1c(Nc2ccccc2)n[nH]c1NCc1ccc(O)cc1. The molecular formula is C17H17N5O2. The molecule has 0 saturated heterocycles. The number of hydrogen-bond donors (Lipinski definition) is 5. The number of phenols is 1. The number of aromatic nitrogens is 2. The van der Waals surface area contributed by atoms with Crippen LogP contribution in [0.1, 0.15) is 15.9 Å². The molecule has 0 spiro atoms. The molecule has 2 aromatic carbocycles. The first-order chi connectivity index (χ1) is 11.6. The van der Waals surface area contributed by atoms with Crippen molar-refractivity contribution < 1.29 is 9.90 Å². The molecule has 7 nitrogen and oxygen atoms in total. The van der Waals surface area contributed by atoms with Gasteiger partial charge in [-0.2, -0.15) is 5.10 Å². The molecule has 0 aliphatic rings. The molecule has 0 unspecified atom stereocenters. The number of aromatic amines is 1. The summed E-state index contributed by atoms with van der Waals surface area (Å²) < 4.78 is 0. The van der Waals surface area contributed by atoms with Crippen LogP contribution in [0.5, 0.6) is 5.75 Å². The van der Waals surface area contributed by atoms with Crippen molar-refractivity contribution in [3.63, 3.8) is 0 Å². The highest BCUT2D eigenvalue weighted by Crippen LogP contribution is 2.24. The lowest BCUT2D eigenvalue weighted by Gasteiger charge is -2.07. The van der Waals surface area contributed by atoms with E-state index in [2.05, 4.69) is 20.8 Å². The average Bonchev–Trinajstić information content (AvgIpc) is 2.98. The lowest BCUT2D eigenvalue weighted by molar-refractivity contribution is 0.100. The van der Waals surface area contributed by atoms with Gasteiger partial charge in [0.1, 0.15) is 17.1 Å². The van der Waals surface area contributed by atoms with Crippen molar-refractivity contribution in [1.82, 2.24) is 10.2 Å². The van der Waals surface area contributed by atoms with Gasteiger partial charge in [0.2, 0.25) is 0 Å². The summed E-state index contributed by atoms with van der Waals surface area (Å²) in [5.74, 6) is 0.416. The van der Waals surface area contributed by atoms with Gasteiger partial charge in [0, 0.05) is 12.2 Å². The zero-order valence-electron chi connectivity index (χ0n) is 12.8. The molecule has 7 heteroatoms. The Balaban J connectivity index is 1.78. The molecule has 6 N–H and O–H groups in total. The van der Waals surface area contributed by atoms with Gasteiger partial charge in [-0.05, 0) is 29.8 Å². The first-order valence-electron chi connectivity index (χ1n) is 7.35. The lowest BCUT2D eigenvalue weighted by Crippen LogP contribution is -2.15. The van der Waals surface area contributed by atoms with Crippen LogP contribution >= 0.6 is 0 Å². The molecular weight excluding hydrogens is 306 g/mol. The van der Waals surface area contributed by atoms with E-state index in [1.54, 1.807) is 24.3 Å². The summed E-state index contributed by atoms with van der Waals surface area (Å²) in [5, 5.41) is 22.4. The number of carbonyl (C=O) groups excluding carboxylic acids is 1. The van der Waals surface area contributed by atoms with Crippen molar-refractivity contribution in [1.29, 1.82) is 0 Å². The number of nitrogens with two attached hydrogens (primary N) is 1. The van der Waals surface area contributed by atoms with E-state index in [4.69, 9.17) is 5.73 Å². The predicted molar refractivity (Wildman–Crippen MR) is 92.3 cm³/mol. The molecule has 1 amide bonds. The van der Waals surface area contributed by atoms with Gasteiger partial charge >= 0.3 is 0 Å². The Hall–Kier alpha value is -3.48. The number of primary amides is 1. The van der Waals surface area contributed by atoms with Crippen LogP contribution in [0, 0.1) is 0 Å². The number of benzene rings is 2. The highest BCUT2D eigenvalue weighted by molar-refractivity contribution is 6.03. The van der Waals surface area contributed by atoms with Crippen molar-refractivity contribution in [3.05, 3.63) is 65.7 Å².